The number of aromatic nitrogens is 4. The summed E-state index contributed by atoms with van der Waals surface area (Å²) in [6.07, 6.45) is 7.02. The average Bonchev–Trinajstić information content (AvgIpc) is 3.57. The molecule has 0 spiro atoms. The van der Waals surface area contributed by atoms with Gasteiger partial charge in [0.15, 0.2) is 5.65 Å². The van der Waals surface area contributed by atoms with Crippen molar-refractivity contribution in [3.63, 3.8) is 0 Å². The van der Waals surface area contributed by atoms with Crippen molar-refractivity contribution in [3.8, 4) is 11.3 Å². The third-order valence-electron chi connectivity index (χ3n) is 6.58. The third kappa shape index (κ3) is 5.50. The molecule has 0 radical (unpaired) electrons. The Labute approximate surface area is 244 Å². The molecule has 0 bridgehead atoms. The predicted molar refractivity (Wildman–Crippen MR) is 164 cm³/mol. The van der Waals surface area contributed by atoms with Crippen LogP contribution in [0.3, 0.4) is 0 Å². The smallest absolute Gasteiger partial charge is 0.244 e. The maximum absolute atomic E-state index is 12.4. The van der Waals surface area contributed by atoms with Crippen molar-refractivity contribution in [2.75, 3.05) is 5.32 Å². The largest absolute Gasteiger partial charge is 0.366 e. The Morgan fingerprint density at radius 3 is 2.58 bits per heavy atom. The number of halogens is 2. The number of anilines is 1. The molecule has 0 atom stereocenters. The Bertz CT molecular complexity index is 1860. The molecule has 198 valence electrons. The summed E-state index contributed by atoms with van der Waals surface area (Å²) >= 11 is 9.99. The summed E-state index contributed by atoms with van der Waals surface area (Å²) in [4.78, 5) is 20.4. The van der Waals surface area contributed by atoms with Crippen molar-refractivity contribution in [1.29, 1.82) is 0 Å². The van der Waals surface area contributed by atoms with E-state index in [9.17, 15) is 4.79 Å². The molecule has 7 nitrogen and oxygen atoms in total. The third-order valence-corrected chi connectivity index (χ3v) is 7.47. The molecule has 3 N–H and O–H groups in total. The minimum atomic E-state index is -0.141. The second-order valence-electron chi connectivity index (χ2n) is 9.25. The number of nitrogens with one attached hydrogen (secondary N) is 3. The van der Waals surface area contributed by atoms with Gasteiger partial charge in [-0.1, -0.05) is 72.3 Å². The zero-order valence-corrected chi connectivity index (χ0v) is 23.6. The van der Waals surface area contributed by atoms with Crippen molar-refractivity contribution in [2.45, 2.75) is 13.1 Å². The number of hydrogen-bond donors (Lipinski definition) is 3. The van der Waals surface area contributed by atoms with Gasteiger partial charge in [-0.25, -0.2) is 4.98 Å². The molecule has 3 aromatic heterocycles. The molecule has 0 unspecified atom stereocenters. The highest BCUT2D eigenvalue weighted by Gasteiger charge is 2.13. The van der Waals surface area contributed by atoms with E-state index in [0.29, 0.717) is 23.8 Å². The van der Waals surface area contributed by atoms with Crippen molar-refractivity contribution < 1.29 is 4.79 Å². The Kier molecular flexibility index (Phi) is 7.35. The number of rotatable bonds is 8. The monoisotopic (exact) mass is 610 g/mol. The summed E-state index contributed by atoms with van der Waals surface area (Å²) in [5.74, 6) is 0.654. The number of amides is 1. The van der Waals surface area contributed by atoms with E-state index in [0.717, 1.165) is 49.1 Å². The van der Waals surface area contributed by atoms with Crippen LogP contribution in [0.4, 0.5) is 5.82 Å². The zero-order chi connectivity index (χ0) is 27.5. The number of nitrogens with zero attached hydrogens (tertiary/aromatic N) is 3. The fraction of sp³-hybridized carbons (Fsp3) is 0.0645. The summed E-state index contributed by atoms with van der Waals surface area (Å²) in [5.41, 5.74) is 6.44. The molecule has 3 heterocycles. The molecule has 0 fully saturated rings. The molecule has 6 rings (SSSR count). The lowest BCUT2D eigenvalue weighted by Crippen LogP contribution is -2.20. The van der Waals surface area contributed by atoms with E-state index in [1.54, 1.807) is 16.8 Å². The Hall–Kier alpha value is -4.40. The number of para-hydroxylation sites is 1. The van der Waals surface area contributed by atoms with Crippen LogP contribution in [-0.4, -0.2) is 25.5 Å². The molecule has 6 aromatic rings. The van der Waals surface area contributed by atoms with Gasteiger partial charge in [0.25, 0.3) is 0 Å². The summed E-state index contributed by atoms with van der Waals surface area (Å²) in [6.45, 7) is 1.02. The van der Waals surface area contributed by atoms with Gasteiger partial charge in [0.05, 0.1) is 16.4 Å². The minimum absolute atomic E-state index is 0.141. The van der Waals surface area contributed by atoms with Gasteiger partial charge in [0, 0.05) is 52.9 Å². The summed E-state index contributed by atoms with van der Waals surface area (Å²) < 4.78 is 2.56. The van der Waals surface area contributed by atoms with Crippen molar-refractivity contribution in [3.05, 3.63) is 124 Å². The fourth-order valence-electron chi connectivity index (χ4n) is 4.48. The van der Waals surface area contributed by atoms with Crippen LogP contribution < -0.4 is 10.6 Å². The van der Waals surface area contributed by atoms with Gasteiger partial charge in [-0.15, -0.1) is 0 Å². The van der Waals surface area contributed by atoms with E-state index in [4.69, 9.17) is 16.6 Å². The quantitative estimate of drug-likeness (QED) is 0.158. The number of benzene rings is 3. The number of carbonyl (C=O) groups excluding carboxylic acids is 1. The Morgan fingerprint density at radius 1 is 1.00 bits per heavy atom. The Morgan fingerprint density at radius 2 is 1.75 bits per heavy atom. The van der Waals surface area contributed by atoms with Crippen molar-refractivity contribution in [1.82, 2.24) is 24.9 Å². The highest BCUT2D eigenvalue weighted by molar-refractivity contribution is 9.10. The molecular formula is C31H24BrClN6O. The van der Waals surface area contributed by atoms with Gasteiger partial charge in [-0.2, -0.15) is 9.61 Å². The van der Waals surface area contributed by atoms with E-state index in [-0.39, 0.29) is 5.91 Å². The maximum Gasteiger partial charge on any atom is 0.244 e. The van der Waals surface area contributed by atoms with E-state index in [1.807, 2.05) is 91.1 Å². The van der Waals surface area contributed by atoms with Crippen LogP contribution in [0.5, 0.6) is 0 Å². The van der Waals surface area contributed by atoms with E-state index >= 15 is 0 Å². The molecule has 9 heteroatoms. The van der Waals surface area contributed by atoms with Crippen molar-refractivity contribution >= 4 is 61.9 Å². The molecule has 0 aliphatic carbocycles. The Balaban J connectivity index is 1.10. The first-order valence-electron chi connectivity index (χ1n) is 12.7. The van der Waals surface area contributed by atoms with Gasteiger partial charge in [-0.05, 0) is 50.8 Å². The molecule has 0 saturated heterocycles. The predicted octanol–water partition coefficient (Wildman–Crippen LogP) is 7.24. The lowest BCUT2D eigenvalue weighted by Gasteiger charge is -2.12. The molecule has 1 amide bonds. The molecule has 40 heavy (non-hydrogen) atoms. The van der Waals surface area contributed by atoms with E-state index in [1.165, 1.54) is 0 Å². The lowest BCUT2D eigenvalue weighted by atomic mass is 10.1. The van der Waals surface area contributed by atoms with Gasteiger partial charge in [0.1, 0.15) is 5.82 Å². The molecular weight excluding hydrogens is 588 g/mol. The standard InChI is InChI=1S/C31H24BrClN6O/c32-25-19-37-39-29(15-28(38-31(25)39)24-6-1-3-7-26(24)33)35-16-20-9-11-21(12-10-20)17-36-30(40)14-13-22-18-34-27-8-4-2-5-23(22)27/h1-15,18-19,34-35H,16-17H2,(H,36,40). The first kappa shape index (κ1) is 25.9. The van der Waals surface area contributed by atoms with Crippen LogP contribution in [0.25, 0.3) is 33.9 Å². The lowest BCUT2D eigenvalue weighted by molar-refractivity contribution is -0.116. The van der Waals surface area contributed by atoms with Gasteiger partial charge in [0.2, 0.25) is 5.91 Å². The van der Waals surface area contributed by atoms with Gasteiger partial charge >= 0.3 is 0 Å². The van der Waals surface area contributed by atoms with Crippen LogP contribution in [-0.2, 0) is 17.9 Å². The number of H-pyrrole nitrogens is 1. The fourth-order valence-corrected chi connectivity index (χ4v) is 5.06. The highest BCUT2D eigenvalue weighted by Crippen LogP contribution is 2.30. The normalized spacial score (nSPS) is 11.4. The van der Waals surface area contributed by atoms with Gasteiger partial charge in [-0.3, -0.25) is 4.79 Å². The molecule has 0 saturated carbocycles. The van der Waals surface area contributed by atoms with Crippen LogP contribution in [0.15, 0.2) is 102 Å². The average molecular weight is 612 g/mol. The molecule has 3 aromatic carbocycles. The van der Waals surface area contributed by atoms with Crippen molar-refractivity contribution in [2.24, 2.45) is 0 Å². The minimum Gasteiger partial charge on any atom is -0.366 e. The number of carbonyl (C=O) groups is 1. The highest BCUT2D eigenvalue weighted by atomic mass is 79.9. The zero-order valence-electron chi connectivity index (χ0n) is 21.2. The SMILES string of the molecule is O=C(C=Cc1c[nH]c2ccccc12)NCc1ccc(CNc2cc(-c3ccccc3Cl)nc3c(Br)cnn23)cc1. The first-order chi connectivity index (χ1) is 19.5. The van der Waals surface area contributed by atoms with Crippen LogP contribution in [0, 0.1) is 0 Å². The van der Waals surface area contributed by atoms with Crippen LogP contribution in [0.2, 0.25) is 5.02 Å². The topological polar surface area (TPSA) is 87.1 Å². The van der Waals surface area contributed by atoms with E-state index in [2.05, 4.69) is 36.6 Å². The number of hydrogen-bond acceptors (Lipinski definition) is 4. The van der Waals surface area contributed by atoms with Crippen LogP contribution in [0.1, 0.15) is 16.7 Å². The second-order valence-corrected chi connectivity index (χ2v) is 10.5. The molecule has 0 aliphatic rings. The van der Waals surface area contributed by atoms with Gasteiger partial charge < -0.3 is 15.6 Å². The van der Waals surface area contributed by atoms with E-state index < -0.39 is 0 Å². The number of aromatic amines is 1. The maximum atomic E-state index is 12.4. The summed E-state index contributed by atoms with van der Waals surface area (Å²) in [6, 6.07) is 25.7. The number of fused-ring (bicyclic) bond motifs is 2. The molecule has 0 aliphatic heterocycles. The summed E-state index contributed by atoms with van der Waals surface area (Å²) in [5, 5.41) is 12.6. The first-order valence-corrected chi connectivity index (χ1v) is 13.9. The van der Waals surface area contributed by atoms with Crippen LogP contribution >= 0.6 is 27.5 Å². The second kappa shape index (κ2) is 11.4. The summed E-state index contributed by atoms with van der Waals surface area (Å²) in [7, 11) is 0.